The smallest absolute Gasteiger partial charge is 0.154 e. The zero-order chi connectivity index (χ0) is 10.6. The molecule has 0 radical (unpaired) electrons. The van der Waals surface area contributed by atoms with Crippen LogP contribution < -0.4 is 5.32 Å². The van der Waals surface area contributed by atoms with Crippen LogP contribution in [-0.4, -0.2) is 33.0 Å². The van der Waals surface area contributed by atoms with Gasteiger partial charge < -0.3 is 5.32 Å². The van der Waals surface area contributed by atoms with Gasteiger partial charge in [-0.15, -0.1) is 0 Å². The molecule has 0 amide bonds. The highest BCUT2D eigenvalue weighted by Gasteiger charge is 2.20. The molecule has 1 fully saturated rings. The molecule has 0 saturated carbocycles. The summed E-state index contributed by atoms with van der Waals surface area (Å²) >= 11 is 0. The van der Waals surface area contributed by atoms with Gasteiger partial charge in [0.2, 0.25) is 0 Å². The van der Waals surface area contributed by atoms with Crippen molar-refractivity contribution in [3.63, 3.8) is 0 Å². The van der Waals surface area contributed by atoms with Crippen LogP contribution in [0.2, 0.25) is 0 Å². The van der Waals surface area contributed by atoms with E-state index in [4.69, 9.17) is 0 Å². The van der Waals surface area contributed by atoms with Crippen molar-refractivity contribution >= 4 is 9.84 Å². The van der Waals surface area contributed by atoms with Crippen LogP contribution in [-0.2, 0) is 9.84 Å². The van der Waals surface area contributed by atoms with Gasteiger partial charge in [0.05, 0.1) is 11.5 Å². The summed E-state index contributed by atoms with van der Waals surface area (Å²) in [6.07, 6.45) is 1.96. The van der Waals surface area contributed by atoms with Gasteiger partial charge in [0.1, 0.15) is 0 Å². The molecule has 0 spiro atoms. The molecule has 14 heavy (non-hydrogen) atoms. The molecule has 0 bridgehead atoms. The summed E-state index contributed by atoms with van der Waals surface area (Å²) in [5.41, 5.74) is 0.735. The first-order chi connectivity index (χ1) is 6.49. The molecular weight excluding hydrogens is 198 g/mol. The fourth-order valence-corrected chi connectivity index (χ4v) is 3.76. The first-order valence-electron chi connectivity index (χ1n) is 5.05. The summed E-state index contributed by atoms with van der Waals surface area (Å²) in [7, 11) is -2.91. The van der Waals surface area contributed by atoms with E-state index in [0.717, 1.165) is 31.5 Å². The van der Waals surface area contributed by atoms with E-state index >= 15 is 0 Å². The minimum absolute atomic E-state index is 0.150. The van der Waals surface area contributed by atoms with Crippen LogP contribution in [0.25, 0.3) is 0 Å². The van der Waals surface area contributed by atoms with Gasteiger partial charge in [-0.3, -0.25) is 0 Å². The molecule has 1 saturated heterocycles. The van der Waals surface area contributed by atoms with Crippen LogP contribution in [0.3, 0.4) is 0 Å². The van der Waals surface area contributed by atoms with E-state index in [1.165, 1.54) is 0 Å². The summed E-state index contributed by atoms with van der Waals surface area (Å²) in [6.45, 7) is 7.31. The van der Waals surface area contributed by atoms with Crippen LogP contribution in [0, 0.1) is 5.92 Å². The number of piperidine rings is 1. The maximum absolute atomic E-state index is 11.6. The van der Waals surface area contributed by atoms with Crippen molar-refractivity contribution in [1.29, 1.82) is 0 Å². The maximum atomic E-state index is 11.6. The Kier molecular flexibility index (Phi) is 4.13. The Morgan fingerprint density at radius 2 is 2.00 bits per heavy atom. The molecule has 0 aliphatic carbocycles. The highest BCUT2D eigenvalue weighted by atomic mass is 32.2. The Morgan fingerprint density at radius 3 is 2.50 bits per heavy atom. The van der Waals surface area contributed by atoms with Gasteiger partial charge in [-0.2, -0.15) is 0 Å². The second-order valence-electron chi connectivity index (χ2n) is 4.21. The van der Waals surface area contributed by atoms with E-state index in [9.17, 15) is 8.42 Å². The van der Waals surface area contributed by atoms with Gasteiger partial charge in [0.15, 0.2) is 9.84 Å². The normalized spacial score (nSPS) is 19.5. The lowest BCUT2D eigenvalue weighted by atomic mass is 10.0. The molecule has 1 aliphatic heterocycles. The Labute approximate surface area is 86.5 Å². The highest BCUT2D eigenvalue weighted by Crippen LogP contribution is 2.15. The summed E-state index contributed by atoms with van der Waals surface area (Å²) in [4.78, 5) is 0. The fraction of sp³-hybridized carbons (Fsp3) is 0.800. The molecule has 0 unspecified atom stereocenters. The molecule has 0 aromatic rings. The molecular formula is C10H19NO2S. The largest absolute Gasteiger partial charge is 0.317 e. The van der Waals surface area contributed by atoms with Crippen molar-refractivity contribution < 1.29 is 8.42 Å². The SMILES string of the molecule is C=C(C)CS(=O)(=O)CC1CCNCC1. The van der Waals surface area contributed by atoms with Gasteiger partial charge >= 0.3 is 0 Å². The van der Waals surface area contributed by atoms with Crippen molar-refractivity contribution in [1.82, 2.24) is 5.32 Å². The lowest BCUT2D eigenvalue weighted by Gasteiger charge is -2.22. The third kappa shape index (κ3) is 4.24. The van der Waals surface area contributed by atoms with Crippen LogP contribution in [0.4, 0.5) is 0 Å². The molecule has 1 rings (SSSR count). The van der Waals surface area contributed by atoms with E-state index in [1.54, 1.807) is 6.92 Å². The van der Waals surface area contributed by atoms with E-state index in [2.05, 4.69) is 11.9 Å². The van der Waals surface area contributed by atoms with Gasteiger partial charge in [0.25, 0.3) is 0 Å². The first kappa shape index (κ1) is 11.7. The Balaban J connectivity index is 2.45. The molecule has 0 aromatic carbocycles. The van der Waals surface area contributed by atoms with Crippen molar-refractivity contribution in [3.05, 3.63) is 12.2 Å². The van der Waals surface area contributed by atoms with Crippen molar-refractivity contribution in [2.75, 3.05) is 24.6 Å². The molecule has 0 atom stereocenters. The van der Waals surface area contributed by atoms with Crippen LogP contribution in [0.1, 0.15) is 19.8 Å². The molecule has 82 valence electrons. The Morgan fingerprint density at radius 1 is 1.43 bits per heavy atom. The number of sulfone groups is 1. The molecule has 1 N–H and O–H groups in total. The minimum Gasteiger partial charge on any atom is -0.317 e. The molecule has 0 aromatic heterocycles. The third-order valence-corrected chi connectivity index (χ3v) is 4.33. The summed E-state index contributed by atoms with van der Waals surface area (Å²) in [5.74, 6) is 0.832. The Hall–Kier alpha value is -0.350. The molecule has 4 heteroatoms. The molecule has 1 aliphatic rings. The van der Waals surface area contributed by atoms with E-state index in [-0.39, 0.29) is 5.75 Å². The number of rotatable bonds is 4. The van der Waals surface area contributed by atoms with Gasteiger partial charge in [-0.05, 0) is 38.8 Å². The molecule has 1 heterocycles. The van der Waals surface area contributed by atoms with Gasteiger partial charge in [0, 0.05) is 0 Å². The second-order valence-corrected chi connectivity index (χ2v) is 6.31. The van der Waals surface area contributed by atoms with Gasteiger partial charge in [-0.1, -0.05) is 12.2 Å². The summed E-state index contributed by atoms with van der Waals surface area (Å²) < 4.78 is 23.3. The zero-order valence-electron chi connectivity index (χ0n) is 8.75. The maximum Gasteiger partial charge on any atom is 0.154 e. The monoisotopic (exact) mass is 217 g/mol. The van der Waals surface area contributed by atoms with Crippen molar-refractivity contribution in [2.45, 2.75) is 19.8 Å². The number of hydrogen-bond acceptors (Lipinski definition) is 3. The average Bonchev–Trinajstić information content (AvgIpc) is 2.02. The Bertz CT molecular complexity index is 289. The average molecular weight is 217 g/mol. The number of hydrogen-bond donors (Lipinski definition) is 1. The van der Waals surface area contributed by atoms with Crippen LogP contribution in [0.15, 0.2) is 12.2 Å². The first-order valence-corrected chi connectivity index (χ1v) is 6.87. The number of nitrogens with one attached hydrogen (secondary N) is 1. The third-order valence-electron chi connectivity index (χ3n) is 2.41. The van der Waals surface area contributed by atoms with E-state index in [1.807, 2.05) is 0 Å². The highest BCUT2D eigenvalue weighted by molar-refractivity contribution is 7.91. The van der Waals surface area contributed by atoms with E-state index in [0.29, 0.717) is 11.7 Å². The summed E-state index contributed by atoms with van der Waals surface area (Å²) in [5, 5.41) is 3.23. The lowest BCUT2D eigenvalue weighted by molar-refractivity contribution is 0.401. The van der Waals surface area contributed by atoms with Gasteiger partial charge in [-0.25, -0.2) is 8.42 Å². The summed E-state index contributed by atoms with van der Waals surface area (Å²) in [6, 6.07) is 0. The minimum atomic E-state index is -2.91. The van der Waals surface area contributed by atoms with E-state index < -0.39 is 9.84 Å². The standard InChI is InChI=1S/C10H19NO2S/c1-9(2)7-14(12,13)8-10-3-5-11-6-4-10/h10-11H,1,3-8H2,2H3. The van der Waals surface area contributed by atoms with Crippen LogP contribution in [0.5, 0.6) is 0 Å². The second kappa shape index (κ2) is 4.94. The van der Waals surface area contributed by atoms with Crippen molar-refractivity contribution in [3.8, 4) is 0 Å². The quantitative estimate of drug-likeness (QED) is 0.714. The molecule has 3 nitrogen and oxygen atoms in total. The zero-order valence-corrected chi connectivity index (χ0v) is 9.57. The van der Waals surface area contributed by atoms with Crippen LogP contribution >= 0.6 is 0 Å². The lowest BCUT2D eigenvalue weighted by Crippen LogP contribution is -2.32. The predicted molar refractivity (Wildman–Crippen MR) is 59.1 cm³/mol. The van der Waals surface area contributed by atoms with Crippen molar-refractivity contribution in [2.24, 2.45) is 5.92 Å². The fourth-order valence-electron chi connectivity index (χ4n) is 1.84. The topological polar surface area (TPSA) is 46.2 Å². The predicted octanol–water partition coefficient (Wildman–Crippen LogP) is 0.977.